The topological polar surface area (TPSA) is 85.1 Å². The van der Waals surface area contributed by atoms with Crippen molar-refractivity contribution < 1.29 is 4.79 Å². The summed E-state index contributed by atoms with van der Waals surface area (Å²) in [5.41, 5.74) is 2.37. The third-order valence-electron chi connectivity index (χ3n) is 5.74. The SMILES string of the molecule is CCN(CC)CCCNC(=O)[C@@H](C)n1nc(C)c2c(C)n(-c3ccccc3)nc2c1=O. The van der Waals surface area contributed by atoms with Gasteiger partial charge in [0.25, 0.3) is 5.56 Å². The second-order valence-electron chi connectivity index (χ2n) is 7.74. The zero-order valence-electron chi connectivity index (χ0n) is 19.1. The fraction of sp³-hybridized carbons (Fsp3) is 0.478. The predicted molar refractivity (Wildman–Crippen MR) is 123 cm³/mol. The summed E-state index contributed by atoms with van der Waals surface area (Å²) in [6, 6.07) is 8.95. The van der Waals surface area contributed by atoms with E-state index >= 15 is 0 Å². The van der Waals surface area contributed by atoms with Crippen molar-refractivity contribution >= 4 is 16.8 Å². The molecule has 2 heterocycles. The van der Waals surface area contributed by atoms with E-state index in [1.807, 2.05) is 44.2 Å². The van der Waals surface area contributed by atoms with E-state index in [1.165, 1.54) is 4.68 Å². The number of benzene rings is 1. The average molecular weight is 425 g/mol. The van der Waals surface area contributed by atoms with E-state index in [4.69, 9.17) is 0 Å². The minimum absolute atomic E-state index is 0.216. The first-order chi connectivity index (χ1) is 14.9. The van der Waals surface area contributed by atoms with Gasteiger partial charge in [-0.2, -0.15) is 10.2 Å². The van der Waals surface area contributed by atoms with Crippen LogP contribution in [0.2, 0.25) is 0 Å². The van der Waals surface area contributed by atoms with Crippen LogP contribution in [0.1, 0.15) is 44.6 Å². The van der Waals surface area contributed by atoms with Crippen LogP contribution in [0.15, 0.2) is 35.1 Å². The van der Waals surface area contributed by atoms with Crippen molar-refractivity contribution in [2.24, 2.45) is 0 Å². The van der Waals surface area contributed by atoms with Gasteiger partial charge < -0.3 is 10.2 Å². The summed E-state index contributed by atoms with van der Waals surface area (Å²) in [4.78, 5) is 28.1. The highest BCUT2D eigenvalue weighted by molar-refractivity contribution is 5.84. The van der Waals surface area contributed by atoms with Gasteiger partial charge in [0.15, 0.2) is 5.52 Å². The number of aromatic nitrogens is 4. The largest absolute Gasteiger partial charge is 0.354 e. The van der Waals surface area contributed by atoms with E-state index in [9.17, 15) is 9.59 Å². The Morgan fingerprint density at radius 3 is 2.45 bits per heavy atom. The smallest absolute Gasteiger partial charge is 0.295 e. The van der Waals surface area contributed by atoms with Gasteiger partial charge in [0.1, 0.15) is 6.04 Å². The fourth-order valence-corrected chi connectivity index (χ4v) is 3.85. The number of fused-ring (bicyclic) bond motifs is 1. The number of nitrogens with one attached hydrogen (secondary N) is 1. The predicted octanol–water partition coefficient (Wildman–Crippen LogP) is 2.61. The second kappa shape index (κ2) is 9.87. The van der Waals surface area contributed by atoms with Crippen molar-refractivity contribution in [3.63, 3.8) is 0 Å². The van der Waals surface area contributed by atoms with E-state index in [-0.39, 0.29) is 11.5 Å². The summed E-state index contributed by atoms with van der Waals surface area (Å²) in [5.74, 6) is -0.216. The third kappa shape index (κ3) is 4.69. The van der Waals surface area contributed by atoms with Crippen molar-refractivity contribution in [3.8, 4) is 5.69 Å². The molecule has 2 aromatic heterocycles. The van der Waals surface area contributed by atoms with Crippen LogP contribution in [0.5, 0.6) is 0 Å². The molecule has 1 amide bonds. The van der Waals surface area contributed by atoms with Crippen molar-refractivity contribution in [1.29, 1.82) is 0 Å². The molecule has 0 bridgehead atoms. The molecule has 0 saturated carbocycles. The molecule has 1 aromatic carbocycles. The van der Waals surface area contributed by atoms with Crippen molar-refractivity contribution in [1.82, 2.24) is 29.8 Å². The number of rotatable bonds is 9. The normalized spacial score (nSPS) is 12.5. The molecular weight excluding hydrogens is 392 g/mol. The zero-order valence-corrected chi connectivity index (χ0v) is 19.1. The molecule has 31 heavy (non-hydrogen) atoms. The van der Waals surface area contributed by atoms with Crippen LogP contribution in [0.3, 0.4) is 0 Å². The Morgan fingerprint density at radius 1 is 1.13 bits per heavy atom. The Bertz CT molecular complexity index is 1100. The van der Waals surface area contributed by atoms with Gasteiger partial charge in [0, 0.05) is 6.54 Å². The minimum atomic E-state index is -0.716. The van der Waals surface area contributed by atoms with Gasteiger partial charge >= 0.3 is 0 Å². The maximum absolute atomic E-state index is 13.2. The van der Waals surface area contributed by atoms with Gasteiger partial charge in [-0.3, -0.25) is 9.59 Å². The van der Waals surface area contributed by atoms with Crippen LogP contribution < -0.4 is 10.9 Å². The van der Waals surface area contributed by atoms with Crippen LogP contribution in [-0.4, -0.2) is 56.5 Å². The molecule has 166 valence electrons. The monoisotopic (exact) mass is 424 g/mol. The van der Waals surface area contributed by atoms with Gasteiger partial charge in [-0.25, -0.2) is 9.36 Å². The molecule has 0 spiro atoms. The second-order valence-corrected chi connectivity index (χ2v) is 7.74. The van der Waals surface area contributed by atoms with E-state index < -0.39 is 6.04 Å². The lowest BCUT2D eigenvalue weighted by Gasteiger charge is -2.18. The van der Waals surface area contributed by atoms with E-state index in [2.05, 4.69) is 34.3 Å². The molecular formula is C23H32N6O2. The van der Waals surface area contributed by atoms with Gasteiger partial charge in [-0.05, 0) is 59.0 Å². The molecule has 3 rings (SSSR count). The lowest BCUT2D eigenvalue weighted by Crippen LogP contribution is -2.38. The summed E-state index contributed by atoms with van der Waals surface area (Å²) in [7, 11) is 0. The minimum Gasteiger partial charge on any atom is -0.354 e. The number of para-hydroxylation sites is 1. The van der Waals surface area contributed by atoms with Crippen molar-refractivity contribution in [2.75, 3.05) is 26.2 Å². The first kappa shape index (κ1) is 22.7. The van der Waals surface area contributed by atoms with Gasteiger partial charge in [-0.1, -0.05) is 32.0 Å². The van der Waals surface area contributed by atoms with Gasteiger partial charge in [0.05, 0.1) is 22.5 Å². The van der Waals surface area contributed by atoms with Crippen LogP contribution >= 0.6 is 0 Å². The molecule has 0 fully saturated rings. The molecule has 1 N–H and O–H groups in total. The Labute approximate surface area is 182 Å². The number of hydrogen-bond acceptors (Lipinski definition) is 5. The first-order valence-corrected chi connectivity index (χ1v) is 10.9. The van der Waals surface area contributed by atoms with E-state index in [0.717, 1.165) is 42.8 Å². The van der Waals surface area contributed by atoms with E-state index in [1.54, 1.807) is 11.6 Å². The van der Waals surface area contributed by atoms with Crippen molar-refractivity contribution in [3.05, 3.63) is 52.1 Å². The number of nitrogens with zero attached hydrogens (tertiary/aromatic N) is 5. The van der Waals surface area contributed by atoms with Gasteiger partial charge in [0.2, 0.25) is 5.91 Å². The average Bonchev–Trinajstić information content (AvgIpc) is 3.14. The van der Waals surface area contributed by atoms with Crippen LogP contribution in [0.25, 0.3) is 16.6 Å². The number of carbonyl (C=O) groups excluding carboxylic acids is 1. The summed E-state index contributed by atoms with van der Waals surface area (Å²) >= 11 is 0. The molecule has 1 atom stereocenters. The molecule has 8 heteroatoms. The number of hydrogen-bond donors (Lipinski definition) is 1. The third-order valence-corrected chi connectivity index (χ3v) is 5.74. The molecule has 0 aliphatic rings. The standard InChI is InChI=1S/C23H32N6O2/c1-6-27(7-2)15-11-14-24-22(30)18(5)29-23(31)21-20(16(3)25-29)17(4)28(26-21)19-12-9-8-10-13-19/h8-10,12-13,18H,6-7,11,14-15H2,1-5H3,(H,24,30)/t18-/m1/s1. The fourth-order valence-electron chi connectivity index (χ4n) is 3.85. The molecule has 0 radical (unpaired) electrons. The molecule has 8 nitrogen and oxygen atoms in total. The van der Waals surface area contributed by atoms with Crippen LogP contribution in [-0.2, 0) is 4.79 Å². The van der Waals surface area contributed by atoms with Crippen LogP contribution in [0, 0.1) is 13.8 Å². The van der Waals surface area contributed by atoms with Crippen LogP contribution in [0.4, 0.5) is 0 Å². The van der Waals surface area contributed by atoms with E-state index in [0.29, 0.717) is 17.8 Å². The Morgan fingerprint density at radius 2 is 1.81 bits per heavy atom. The summed E-state index contributed by atoms with van der Waals surface area (Å²) in [6.07, 6.45) is 0.862. The molecule has 0 unspecified atom stereocenters. The summed E-state index contributed by atoms with van der Waals surface area (Å²) in [6.45, 7) is 13.2. The molecule has 3 aromatic rings. The zero-order chi connectivity index (χ0) is 22.5. The lowest BCUT2D eigenvalue weighted by molar-refractivity contribution is -0.124. The molecule has 0 aliphatic carbocycles. The Hall–Kier alpha value is -3.00. The summed E-state index contributed by atoms with van der Waals surface area (Å²) in [5, 5.41) is 12.7. The quantitative estimate of drug-likeness (QED) is 0.534. The van der Waals surface area contributed by atoms with Gasteiger partial charge in [-0.15, -0.1) is 0 Å². The Kier molecular flexibility index (Phi) is 7.22. The number of carbonyl (C=O) groups is 1. The number of amides is 1. The lowest BCUT2D eigenvalue weighted by atomic mass is 10.2. The first-order valence-electron chi connectivity index (χ1n) is 10.9. The highest BCUT2D eigenvalue weighted by atomic mass is 16.2. The number of aryl methyl sites for hydroxylation is 2. The van der Waals surface area contributed by atoms with Crippen molar-refractivity contribution in [2.45, 2.75) is 47.1 Å². The highest BCUT2D eigenvalue weighted by Gasteiger charge is 2.23. The molecule has 0 aliphatic heterocycles. The highest BCUT2D eigenvalue weighted by Crippen LogP contribution is 2.21. The Balaban J connectivity index is 1.83. The summed E-state index contributed by atoms with van der Waals surface area (Å²) < 4.78 is 3.00. The molecule has 0 saturated heterocycles. The maximum Gasteiger partial charge on any atom is 0.295 e. The maximum atomic E-state index is 13.2.